The monoisotopic (exact) mass is 273 g/mol. The van der Waals surface area contributed by atoms with Crippen LogP contribution in [0.15, 0.2) is 28.8 Å². The van der Waals surface area contributed by atoms with E-state index in [1.807, 2.05) is 24.3 Å². The molecule has 5 nitrogen and oxygen atoms in total. The molecule has 0 aliphatic carbocycles. The molecule has 0 amide bonds. The van der Waals surface area contributed by atoms with Gasteiger partial charge < -0.3 is 14.6 Å². The average molecular weight is 273 g/mol. The Kier molecular flexibility index (Phi) is 3.97. The molecule has 1 N–H and O–H groups in total. The van der Waals surface area contributed by atoms with Gasteiger partial charge in [0.1, 0.15) is 5.75 Å². The van der Waals surface area contributed by atoms with Crippen molar-refractivity contribution >= 4 is 0 Å². The third-order valence-electron chi connectivity index (χ3n) is 3.67. The van der Waals surface area contributed by atoms with E-state index in [1.165, 1.54) is 12.8 Å². The fourth-order valence-electron chi connectivity index (χ4n) is 2.54. The molecular formula is C15H19N3O2. The zero-order valence-electron chi connectivity index (χ0n) is 11.6. The van der Waals surface area contributed by atoms with Crippen molar-refractivity contribution in [3.05, 3.63) is 30.2 Å². The number of ether oxygens (including phenoxy) is 1. The van der Waals surface area contributed by atoms with Crippen molar-refractivity contribution in [2.24, 2.45) is 0 Å². The van der Waals surface area contributed by atoms with Gasteiger partial charge in [-0.2, -0.15) is 4.98 Å². The summed E-state index contributed by atoms with van der Waals surface area (Å²) in [4.78, 5) is 4.46. The van der Waals surface area contributed by atoms with E-state index in [-0.39, 0.29) is 0 Å². The average Bonchev–Trinajstić information content (AvgIpc) is 3.16. The minimum absolute atomic E-state index is 0.599. The normalized spacial score (nSPS) is 18.4. The fraction of sp³-hybridized carbons (Fsp3) is 0.467. The van der Waals surface area contributed by atoms with Gasteiger partial charge >= 0.3 is 0 Å². The first-order chi connectivity index (χ1) is 9.85. The molecule has 1 fully saturated rings. The molecule has 2 heterocycles. The van der Waals surface area contributed by atoms with Crippen LogP contribution in [0.1, 0.15) is 25.2 Å². The van der Waals surface area contributed by atoms with Crippen molar-refractivity contribution in [3.63, 3.8) is 0 Å². The molecular weight excluding hydrogens is 254 g/mol. The number of hydrogen-bond acceptors (Lipinski definition) is 5. The van der Waals surface area contributed by atoms with Crippen molar-refractivity contribution < 1.29 is 9.26 Å². The first-order valence-corrected chi connectivity index (χ1v) is 7.05. The Hall–Kier alpha value is -1.88. The number of aryl methyl sites for hydroxylation is 1. The molecule has 0 saturated carbocycles. The number of aromatic nitrogens is 2. The lowest BCUT2D eigenvalue weighted by atomic mass is 10.1. The van der Waals surface area contributed by atoms with E-state index < -0.39 is 0 Å². The van der Waals surface area contributed by atoms with Crippen LogP contribution in [0.25, 0.3) is 11.4 Å². The standard InChI is InChI=1S/C15H19N3O2/c1-19-13-6-2-4-11(10-13)15-17-14(20-18-15)8-7-12-5-3-9-16-12/h2,4,6,10,12,16H,3,5,7-9H2,1H3. The number of methoxy groups -OCH3 is 1. The lowest BCUT2D eigenvalue weighted by molar-refractivity contribution is 0.368. The van der Waals surface area contributed by atoms with E-state index in [9.17, 15) is 0 Å². The van der Waals surface area contributed by atoms with Gasteiger partial charge in [-0.3, -0.25) is 0 Å². The Bertz CT molecular complexity index is 562. The molecule has 5 heteroatoms. The third kappa shape index (κ3) is 2.99. The summed E-state index contributed by atoms with van der Waals surface area (Å²) < 4.78 is 10.5. The Labute approximate surface area is 118 Å². The van der Waals surface area contributed by atoms with Crippen molar-refractivity contribution in [3.8, 4) is 17.1 Å². The van der Waals surface area contributed by atoms with Gasteiger partial charge in [-0.25, -0.2) is 0 Å². The van der Waals surface area contributed by atoms with Crippen molar-refractivity contribution in [2.75, 3.05) is 13.7 Å². The van der Waals surface area contributed by atoms with E-state index >= 15 is 0 Å². The van der Waals surface area contributed by atoms with Crippen LogP contribution < -0.4 is 10.1 Å². The second-order valence-electron chi connectivity index (χ2n) is 5.08. The minimum atomic E-state index is 0.599. The molecule has 1 saturated heterocycles. The molecule has 1 aliphatic rings. The number of hydrogen-bond donors (Lipinski definition) is 1. The van der Waals surface area contributed by atoms with E-state index in [0.29, 0.717) is 17.8 Å². The molecule has 1 aromatic carbocycles. The van der Waals surface area contributed by atoms with Crippen LogP contribution in [0.4, 0.5) is 0 Å². The summed E-state index contributed by atoms with van der Waals surface area (Å²) in [5, 5.41) is 7.52. The zero-order valence-corrected chi connectivity index (χ0v) is 11.6. The maximum absolute atomic E-state index is 5.32. The fourth-order valence-corrected chi connectivity index (χ4v) is 2.54. The topological polar surface area (TPSA) is 60.2 Å². The van der Waals surface area contributed by atoms with Gasteiger partial charge in [-0.05, 0) is 37.9 Å². The summed E-state index contributed by atoms with van der Waals surface area (Å²) in [6.45, 7) is 1.13. The summed E-state index contributed by atoms with van der Waals surface area (Å²) in [6.07, 6.45) is 4.40. The largest absolute Gasteiger partial charge is 0.497 e. The Morgan fingerprint density at radius 2 is 2.40 bits per heavy atom. The predicted octanol–water partition coefficient (Wildman–Crippen LogP) is 2.43. The van der Waals surface area contributed by atoms with Crippen LogP contribution in [-0.2, 0) is 6.42 Å². The maximum atomic E-state index is 5.32. The molecule has 0 spiro atoms. The summed E-state index contributed by atoms with van der Waals surface area (Å²) in [7, 11) is 1.65. The van der Waals surface area contributed by atoms with Crippen LogP contribution in [0.3, 0.4) is 0 Å². The first-order valence-electron chi connectivity index (χ1n) is 7.05. The van der Waals surface area contributed by atoms with Crippen molar-refractivity contribution in [1.82, 2.24) is 15.5 Å². The Morgan fingerprint density at radius 1 is 1.45 bits per heavy atom. The second-order valence-corrected chi connectivity index (χ2v) is 5.08. The predicted molar refractivity (Wildman–Crippen MR) is 75.6 cm³/mol. The lowest BCUT2D eigenvalue weighted by Gasteiger charge is -2.06. The molecule has 0 bridgehead atoms. The number of nitrogens with one attached hydrogen (secondary N) is 1. The Balaban J connectivity index is 1.66. The van der Waals surface area contributed by atoms with Gasteiger partial charge in [0, 0.05) is 18.0 Å². The van der Waals surface area contributed by atoms with Gasteiger partial charge in [0.15, 0.2) is 0 Å². The van der Waals surface area contributed by atoms with Gasteiger partial charge in [0.05, 0.1) is 7.11 Å². The van der Waals surface area contributed by atoms with Crippen molar-refractivity contribution in [2.45, 2.75) is 31.7 Å². The molecule has 20 heavy (non-hydrogen) atoms. The molecule has 1 aliphatic heterocycles. The second kappa shape index (κ2) is 6.05. The first kappa shape index (κ1) is 13.1. The highest BCUT2D eigenvalue weighted by Crippen LogP contribution is 2.21. The van der Waals surface area contributed by atoms with Gasteiger partial charge in [0.25, 0.3) is 0 Å². The van der Waals surface area contributed by atoms with Gasteiger partial charge in [0.2, 0.25) is 11.7 Å². The van der Waals surface area contributed by atoms with E-state index in [0.717, 1.165) is 30.7 Å². The SMILES string of the molecule is COc1cccc(-c2noc(CCC3CCCN3)n2)c1. The third-order valence-corrected chi connectivity index (χ3v) is 3.67. The smallest absolute Gasteiger partial charge is 0.227 e. The molecule has 0 radical (unpaired) electrons. The van der Waals surface area contributed by atoms with Crippen molar-refractivity contribution in [1.29, 1.82) is 0 Å². The molecule has 1 unspecified atom stereocenters. The highest BCUT2D eigenvalue weighted by molar-refractivity contribution is 5.56. The van der Waals surface area contributed by atoms with E-state index in [2.05, 4.69) is 15.5 Å². The molecule has 3 rings (SSSR count). The molecule has 1 aromatic heterocycles. The van der Waals surface area contributed by atoms with E-state index in [1.54, 1.807) is 7.11 Å². The minimum Gasteiger partial charge on any atom is -0.497 e. The number of rotatable bonds is 5. The molecule has 106 valence electrons. The Morgan fingerprint density at radius 3 is 3.20 bits per heavy atom. The highest BCUT2D eigenvalue weighted by Gasteiger charge is 2.16. The van der Waals surface area contributed by atoms with Crippen LogP contribution in [0.2, 0.25) is 0 Å². The lowest BCUT2D eigenvalue weighted by Crippen LogP contribution is -2.21. The number of nitrogens with zero attached hydrogens (tertiary/aromatic N) is 2. The summed E-state index contributed by atoms with van der Waals surface area (Å²) in [5.41, 5.74) is 0.915. The quantitative estimate of drug-likeness (QED) is 0.906. The van der Waals surface area contributed by atoms with Crippen LogP contribution in [0.5, 0.6) is 5.75 Å². The zero-order chi connectivity index (χ0) is 13.8. The number of benzene rings is 1. The summed E-state index contributed by atoms with van der Waals surface area (Å²) >= 11 is 0. The van der Waals surface area contributed by atoms with Crippen LogP contribution in [-0.4, -0.2) is 29.8 Å². The van der Waals surface area contributed by atoms with E-state index in [4.69, 9.17) is 9.26 Å². The maximum Gasteiger partial charge on any atom is 0.227 e. The summed E-state index contributed by atoms with van der Waals surface area (Å²) in [6, 6.07) is 8.29. The summed E-state index contributed by atoms with van der Waals surface area (Å²) in [5.74, 6) is 2.12. The van der Waals surface area contributed by atoms with Crippen LogP contribution >= 0.6 is 0 Å². The molecule has 2 aromatic rings. The van der Waals surface area contributed by atoms with Crippen LogP contribution in [0, 0.1) is 0 Å². The van der Waals surface area contributed by atoms with Gasteiger partial charge in [-0.15, -0.1) is 0 Å². The highest BCUT2D eigenvalue weighted by atomic mass is 16.5. The van der Waals surface area contributed by atoms with Gasteiger partial charge in [-0.1, -0.05) is 17.3 Å². The molecule has 1 atom stereocenters.